The van der Waals surface area contributed by atoms with Crippen LogP contribution in [-0.2, 0) is 0 Å². The summed E-state index contributed by atoms with van der Waals surface area (Å²) in [6, 6.07) is 11.2. The number of nitro benzene ring substituents is 1. The lowest BCUT2D eigenvalue weighted by Gasteiger charge is -2.12. The third-order valence-corrected chi connectivity index (χ3v) is 4.19. The van der Waals surface area contributed by atoms with Crippen molar-refractivity contribution in [2.75, 3.05) is 17.7 Å². The summed E-state index contributed by atoms with van der Waals surface area (Å²) < 4.78 is 10.3. The van der Waals surface area contributed by atoms with Gasteiger partial charge >= 0.3 is 0 Å². The second-order valence-corrected chi connectivity index (χ2v) is 6.13. The van der Waals surface area contributed by atoms with E-state index in [0.717, 1.165) is 6.07 Å². The Morgan fingerprint density at radius 2 is 1.90 bits per heavy atom. The number of carbonyl (C=O) groups is 2. The average molecular weight is 416 g/mol. The predicted octanol–water partition coefficient (Wildman–Crippen LogP) is 4.35. The number of anilines is 2. The molecule has 3 aromatic rings. The van der Waals surface area contributed by atoms with Gasteiger partial charge in [0.25, 0.3) is 17.5 Å². The Kier molecular flexibility index (Phi) is 5.79. The van der Waals surface area contributed by atoms with E-state index in [-0.39, 0.29) is 27.8 Å². The van der Waals surface area contributed by atoms with E-state index in [1.165, 1.54) is 49.8 Å². The first-order chi connectivity index (χ1) is 13.9. The lowest BCUT2D eigenvalue weighted by Crippen LogP contribution is -2.14. The summed E-state index contributed by atoms with van der Waals surface area (Å²) in [5.41, 5.74) is 0.397. The zero-order valence-corrected chi connectivity index (χ0v) is 15.7. The van der Waals surface area contributed by atoms with Crippen molar-refractivity contribution < 1.29 is 23.7 Å². The Bertz CT molecular complexity index is 1080. The molecule has 0 atom stereocenters. The third-order valence-electron chi connectivity index (χ3n) is 3.86. The van der Waals surface area contributed by atoms with Crippen molar-refractivity contribution in [1.82, 2.24) is 0 Å². The molecule has 1 aromatic heterocycles. The number of ether oxygens (including phenoxy) is 1. The number of halogens is 1. The largest absolute Gasteiger partial charge is 0.494 e. The summed E-state index contributed by atoms with van der Waals surface area (Å²) in [5, 5.41) is 16.2. The SMILES string of the molecule is COc1cc(NC(=O)c2cc([N+](=O)[O-])ccc2Cl)ccc1NC(=O)c1ccco1. The van der Waals surface area contributed by atoms with Crippen molar-refractivity contribution in [1.29, 1.82) is 0 Å². The number of hydrogen-bond donors (Lipinski definition) is 2. The predicted molar refractivity (Wildman–Crippen MR) is 106 cm³/mol. The molecule has 2 aromatic carbocycles. The van der Waals surface area contributed by atoms with E-state index in [4.69, 9.17) is 20.8 Å². The highest BCUT2D eigenvalue weighted by atomic mass is 35.5. The van der Waals surface area contributed by atoms with Crippen molar-refractivity contribution in [2.45, 2.75) is 0 Å². The molecule has 0 bridgehead atoms. The molecule has 3 rings (SSSR count). The van der Waals surface area contributed by atoms with Crippen molar-refractivity contribution in [3.8, 4) is 5.75 Å². The number of amides is 2. The van der Waals surface area contributed by atoms with Crippen molar-refractivity contribution >= 4 is 40.5 Å². The Morgan fingerprint density at radius 1 is 1.10 bits per heavy atom. The number of methoxy groups -OCH3 is 1. The van der Waals surface area contributed by atoms with Crippen molar-refractivity contribution in [3.63, 3.8) is 0 Å². The number of benzene rings is 2. The first-order valence-electron chi connectivity index (χ1n) is 8.17. The number of carbonyl (C=O) groups excluding carboxylic acids is 2. The van der Waals surface area contributed by atoms with Gasteiger partial charge in [-0.1, -0.05) is 11.6 Å². The summed E-state index contributed by atoms with van der Waals surface area (Å²) >= 11 is 5.99. The molecule has 148 valence electrons. The highest BCUT2D eigenvalue weighted by molar-refractivity contribution is 6.34. The van der Waals surface area contributed by atoms with E-state index in [1.54, 1.807) is 6.07 Å². The topological polar surface area (TPSA) is 124 Å². The number of rotatable bonds is 6. The standard InChI is InChI=1S/C19H14ClN3O6/c1-28-17-9-11(4-7-15(17)22-19(25)16-3-2-8-29-16)21-18(24)13-10-12(23(26)27)5-6-14(13)20/h2-10H,1H3,(H,21,24)(H,22,25). The van der Waals surface area contributed by atoms with Gasteiger partial charge in [-0.3, -0.25) is 19.7 Å². The van der Waals surface area contributed by atoms with E-state index in [9.17, 15) is 19.7 Å². The molecule has 0 saturated carbocycles. The number of nitro groups is 1. The van der Waals surface area contributed by atoms with Gasteiger partial charge in [0, 0.05) is 23.9 Å². The van der Waals surface area contributed by atoms with Crippen LogP contribution in [0.1, 0.15) is 20.9 Å². The quantitative estimate of drug-likeness (QED) is 0.455. The molecule has 2 amide bonds. The van der Waals surface area contributed by atoms with Gasteiger partial charge in [0.2, 0.25) is 0 Å². The summed E-state index contributed by atoms with van der Waals surface area (Å²) in [6.07, 6.45) is 1.38. The van der Waals surface area contributed by atoms with Crippen LogP contribution < -0.4 is 15.4 Å². The van der Waals surface area contributed by atoms with Crippen LogP contribution in [0.2, 0.25) is 5.02 Å². The molecule has 10 heteroatoms. The zero-order valence-electron chi connectivity index (χ0n) is 15.0. The molecule has 0 unspecified atom stereocenters. The Morgan fingerprint density at radius 3 is 2.55 bits per heavy atom. The minimum atomic E-state index is -0.631. The van der Waals surface area contributed by atoms with Crippen molar-refractivity contribution in [3.05, 3.63) is 81.3 Å². The molecule has 0 radical (unpaired) electrons. The normalized spacial score (nSPS) is 10.3. The Labute approximate surface area is 169 Å². The van der Waals surface area contributed by atoms with Crippen LogP contribution in [0.3, 0.4) is 0 Å². The van der Waals surface area contributed by atoms with Gasteiger partial charge in [0.1, 0.15) is 5.75 Å². The first kappa shape index (κ1) is 19.9. The van der Waals surface area contributed by atoms with Crippen LogP contribution in [0.4, 0.5) is 17.1 Å². The lowest BCUT2D eigenvalue weighted by molar-refractivity contribution is -0.384. The first-order valence-corrected chi connectivity index (χ1v) is 8.55. The smallest absolute Gasteiger partial charge is 0.291 e. The molecule has 0 aliphatic rings. The minimum Gasteiger partial charge on any atom is -0.494 e. The van der Waals surface area contributed by atoms with Gasteiger partial charge in [-0.05, 0) is 30.3 Å². The molecular formula is C19H14ClN3O6. The fourth-order valence-electron chi connectivity index (χ4n) is 2.46. The number of nitrogens with one attached hydrogen (secondary N) is 2. The molecule has 29 heavy (non-hydrogen) atoms. The number of hydrogen-bond acceptors (Lipinski definition) is 6. The molecule has 0 spiro atoms. The van der Waals surface area contributed by atoms with Crippen LogP contribution in [0.15, 0.2) is 59.2 Å². The van der Waals surface area contributed by atoms with E-state index < -0.39 is 16.7 Å². The van der Waals surface area contributed by atoms with Gasteiger partial charge in [-0.25, -0.2) is 0 Å². The molecule has 0 fully saturated rings. The minimum absolute atomic E-state index is 0.0463. The summed E-state index contributed by atoms with van der Waals surface area (Å²) in [4.78, 5) is 34.9. The monoisotopic (exact) mass is 415 g/mol. The van der Waals surface area contributed by atoms with Gasteiger partial charge in [-0.2, -0.15) is 0 Å². The van der Waals surface area contributed by atoms with Gasteiger partial charge in [0.05, 0.1) is 34.6 Å². The zero-order chi connectivity index (χ0) is 21.0. The van der Waals surface area contributed by atoms with Crippen LogP contribution in [0, 0.1) is 10.1 Å². The highest BCUT2D eigenvalue weighted by Crippen LogP contribution is 2.29. The van der Waals surface area contributed by atoms with Crippen LogP contribution in [0.5, 0.6) is 5.75 Å². The lowest BCUT2D eigenvalue weighted by atomic mass is 10.1. The molecule has 0 aliphatic heterocycles. The molecular weight excluding hydrogens is 402 g/mol. The fourth-order valence-corrected chi connectivity index (χ4v) is 2.67. The average Bonchev–Trinajstić information content (AvgIpc) is 3.24. The summed E-state index contributed by atoms with van der Waals surface area (Å²) in [5.74, 6) is -0.681. The number of nitrogens with zero attached hydrogens (tertiary/aromatic N) is 1. The van der Waals surface area contributed by atoms with Gasteiger partial charge < -0.3 is 19.8 Å². The van der Waals surface area contributed by atoms with E-state index in [2.05, 4.69) is 10.6 Å². The second-order valence-electron chi connectivity index (χ2n) is 5.72. The van der Waals surface area contributed by atoms with Crippen LogP contribution in [0.25, 0.3) is 0 Å². The number of furan rings is 1. The van der Waals surface area contributed by atoms with Gasteiger partial charge in [0.15, 0.2) is 5.76 Å². The molecule has 9 nitrogen and oxygen atoms in total. The van der Waals surface area contributed by atoms with Crippen LogP contribution >= 0.6 is 11.6 Å². The van der Waals surface area contributed by atoms with E-state index in [0.29, 0.717) is 11.4 Å². The molecule has 0 aliphatic carbocycles. The molecule has 1 heterocycles. The summed E-state index contributed by atoms with van der Waals surface area (Å²) in [6.45, 7) is 0. The summed E-state index contributed by atoms with van der Waals surface area (Å²) in [7, 11) is 1.40. The maximum absolute atomic E-state index is 12.5. The van der Waals surface area contributed by atoms with Crippen LogP contribution in [-0.4, -0.2) is 23.8 Å². The van der Waals surface area contributed by atoms with E-state index >= 15 is 0 Å². The molecule has 2 N–H and O–H groups in total. The van der Waals surface area contributed by atoms with Gasteiger partial charge in [-0.15, -0.1) is 0 Å². The Balaban J connectivity index is 1.80. The number of non-ortho nitro benzene ring substituents is 1. The Hall–Kier alpha value is -3.85. The van der Waals surface area contributed by atoms with E-state index in [1.807, 2.05) is 0 Å². The highest BCUT2D eigenvalue weighted by Gasteiger charge is 2.17. The second kappa shape index (κ2) is 8.44. The molecule has 0 saturated heterocycles. The fraction of sp³-hybridized carbons (Fsp3) is 0.0526. The third kappa shape index (κ3) is 4.53. The maximum Gasteiger partial charge on any atom is 0.291 e. The van der Waals surface area contributed by atoms with Crippen molar-refractivity contribution in [2.24, 2.45) is 0 Å². The maximum atomic E-state index is 12.5.